The summed E-state index contributed by atoms with van der Waals surface area (Å²) in [6.07, 6.45) is 1.77. The van der Waals surface area contributed by atoms with Gasteiger partial charge in [-0.2, -0.15) is 0 Å². The third kappa shape index (κ3) is 3.30. The van der Waals surface area contributed by atoms with Crippen LogP contribution in [0.15, 0.2) is 28.5 Å². The van der Waals surface area contributed by atoms with Gasteiger partial charge in [0.25, 0.3) is 0 Å². The van der Waals surface area contributed by atoms with Crippen LogP contribution in [0.25, 0.3) is 0 Å². The van der Waals surface area contributed by atoms with E-state index in [4.69, 9.17) is 5.73 Å². The highest BCUT2D eigenvalue weighted by Crippen LogP contribution is 2.25. The second-order valence-electron chi connectivity index (χ2n) is 4.62. The van der Waals surface area contributed by atoms with Crippen molar-refractivity contribution in [1.29, 1.82) is 0 Å². The molecule has 0 aliphatic rings. The Balaban J connectivity index is 2.28. The van der Waals surface area contributed by atoms with Gasteiger partial charge < -0.3 is 5.73 Å². The minimum absolute atomic E-state index is 0.00441. The van der Waals surface area contributed by atoms with Crippen molar-refractivity contribution in [3.05, 3.63) is 40.8 Å². The molecule has 4 nitrogen and oxygen atoms in total. The Hall–Kier alpha value is -1.46. The average molecular weight is 274 g/mol. The van der Waals surface area contributed by atoms with Gasteiger partial charge in [-0.3, -0.25) is 0 Å². The lowest BCUT2D eigenvalue weighted by atomic mass is 10.1. The minimum atomic E-state index is 0.00441. The number of nitrogens with zero attached hydrogens (tertiary/aromatic N) is 3. The number of aryl methyl sites for hydroxylation is 2. The van der Waals surface area contributed by atoms with Crippen molar-refractivity contribution in [2.24, 2.45) is 5.73 Å². The first-order valence-electron chi connectivity index (χ1n) is 6.18. The number of hydrogen-bond donors (Lipinski definition) is 1. The van der Waals surface area contributed by atoms with Crippen LogP contribution in [0.5, 0.6) is 0 Å². The molecule has 2 rings (SSSR count). The molecule has 2 aromatic rings. The second kappa shape index (κ2) is 5.67. The Labute approximate surface area is 117 Å². The SMILES string of the molecule is Cc1nc(Sc2cc(C(C)N)ccn2)nc(C)c1C. The van der Waals surface area contributed by atoms with E-state index in [1.807, 2.05) is 39.8 Å². The maximum Gasteiger partial charge on any atom is 0.194 e. The van der Waals surface area contributed by atoms with Crippen molar-refractivity contribution >= 4 is 11.8 Å². The lowest BCUT2D eigenvalue weighted by molar-refractivity contribution is 0.807. The zero-order chi connectivity index (χ0) is 14.0. The largest absolute Gasteiger partial charge is 0.324 e. The fraction of sp³-hybridized carbons (Fsp3) is 0.357. The van der Waals surface area contributed by atoms with Gasteiger partial charge in [-0.1, -0.05) is 0 Å². The summed E-state index contributed by atoms with van der Waals surface area (Å²) < 4.78 is 0. The average Bonchev–Trinajstić information content (AvgIpc) is 2.36. The topological polar surface area (TPSA) is 64.7 Å². The zero-order valence-electron chi connectivity index (χ0n) is 11.6. The predicted molar refractivity (Wildman–Crippen MR) is 77.2 cm³/mol. The summed E-state index contributed by atoms with van der Waals surface area (Å²) in [6, 6.07) is 3.93. The molecule has 5 heteroatoms. The molecule has 100 valence electrons. The van der Waals surface area contributed by atoms with Crippen molar-refractivity contribution in [2.45, 2.75) is 43.9 Å². The molecule has 0 radical (unpaired) electrons. The molecule has 19 heavy (non-hydrogen) atoms. The third-order valence-corrected chi connectivity index (χ3v) is 3.89. The van der Waals surface area contributed by atoms with Gasteiger partial charge >= 0.3 is 0 Å². The second-order valence-corrected chi connectivity index (χ2v) is 5.61. The molecule has 0 saturated heterocycles. The summed E-state index contributed by atoms with van der Waals surface area (Å²) in [6.45, 7) is 7.99. The van der Waals surface area contributed by atoms with Crippen molar-refractivity contribution in [2.75, 3.05) is 0 Å². The molecule has 0 aliphatic carbocycles. The van der Waals surface area contributed by atoms with Crippen LogP contribution in [-0.4, -0.2) is 15.0 Å². The van der Waals surface area contributed by atoms with Crippen LogP contribution in [0.2, 0.25) is 0 Å². The van der Waals surface area contributed by atoms with Crippen molar-refractivity contribution < 1.29 is 0 Å². The molecular formula is C14H18N4S. The van der Waals surface area contributed by atoms with Crippen LogP contribution in [0.4, 0.5) is 0 Å². The minimum Gasteiger partial charge on any atom is -0.324 e. The first-order valence-corrected chi connectivity index (χ1v) is 7.00. The van der Waals surface area contributed by atoms with Crippen molar-refractivity contribution in [3.63, 3.8) is 0 Å². The number of nitrogens with two attached hydrogens (primary N) is 1. The number of hydrogen-bond acceptors (Lipinski definition) is 5. The summed E-state index contributed by atoms with van der Waals surface area (Å²) in [4.78, 5) is 13.3. The van der Waals surface area contributed by atoms with Crippen LogP contribution >= 0.6 is 11.8 Å². The van der Waals surface area contributed by atoms with E-state index in [1.165, 1.54) is 11.8 Å². The van der Waals surface area contributed by atoms with Gasteiger partial charge in [0.05, 0.1) is 0 Å². The molecular weight excluding hydrogens is 256 g/mol. The lowest BCUT2D eigenvalue weighted by Crippen LogP contribution is -2.05. The Morgan fingerprint density at radius 3 is 2.37 bits per heavy atom. The Morgan fingerprint density at radius 1 is 1.16 bits per heavy atom. The maximum absolute atomic E-state index is 5.88. The van der Waals surface area contributed by atoms with Gasteiger partial charge in [0.15, 0.2) is 5.16 Å². The van der Waals surface area contributed by atoms with E-state index in [0.29, 0.717) is 0 Å². The van der Waals surface area contributed by atoms with Crippen LogP contribution in [0.3, 0.4) is 0 Å². The summed E-state index contributed by atoms with van der Waals surface area (Å²) in [5, 5.41) is 1.60. The van der Waals surface area contributed by atoms with Gasteiger partial charge in [0.1, 0.15) is 5.03 Å². The maximum atomic E-state index is 5.88. The van der Waals surface area contributed by atoms with Gasteiger partial charge in [-0.15, -0.1) is 0 Å². The summed E-state index contributed by atoms with van der Waals surface area (Å²) in [5.41, 5.74) is 10.1. The fourth-order valence-electron chi connectivity index (χ4n) is 1.64. The zero-order valence-corrected chi connectivity index (χ0v) is 12.5. The van der Waals surface area contributed by atoms with E-state index in [1.54, 1.807) is 6.20 Å². The van der Waals surface area contributed by atoms with E-state index >= 15 is 0 Å². The highest BCUT2D eigenvalue weighted by molar-refractivity contribution is 7.99. The monoisotopic (exact) mass is 274 g/mol. The predicted octanol–water partition coefficient (Wildman–Crippen LogP) is 2.97. The normalized spacial score (nSPS) is 12.5. The smallest absolute Gasteiger partial charge is 0.194 e. The Bertz CT molecular complexity index is 573. The molecule has 1 atom stereocenters. The molecule has 0 saturated carbocycles. The van der Waals surface area contributed by atoms with Crippen LogP contribution < -0.4 is 5.73 Å². The molecule has 2 aromatic heterocycles. The summed E-state index contributed by atoms with van der Waals surface area (Å²) >= 11 is 1.47. The van der Waals surface area contributed by atoms with E-state index < -0.39 is 0 Å². The molecule has 0 bridgehead atoms. The first kappa shape index (κ1) is 14.0. The molecule has 0 aliphatic heterocycles. The van der Waals surface area contributed by atoms with Gasteiger partial charge in [0, 0.05) is 23.6 Å². The van der Waals surface area contributed by atoms with Gasteiger partial charge in [0.2, 0.25) is 0 Å². The molecule has 0 spiro atoms. The number of aromatic nitrogens is 3. The molecule has 1 unspecified atom stereocenters. The standard InChI is InChI=1S/C14H18N4S/c1-8-10(3)17-14(18-11(8)4)19-13-7-12(9(2)15)5-6-16-13/h5-7,9H,15H2,1-4H3. The number of pyridine rings is 1. The van der Waals surface area contributed by atoms with Crippen molar-refractivity contribution in [1.82, 2.24) is 15.0 Å². The van der Waals surface area contributed by atoms with E-state index in [2.05, 4.69) is 15.0 Å². The summed E-state index contributed by atoms with van der Waals surface area (Å²) in [7, 11) is 0. The van der Waals surface area contributed by atoms with Gasteiger partial charge in [-0.25, -0.2) is 15.0 Å². The number of rotatable bonds is 3. The van der Waals surface area contributed by atoms with Crippen LogP contribution in [-0.2, 0) is 0 Å². The highest BCUT2D eigenvalue weighted by atomic mass is 32.2. The third-order valence-electron chi connectivity index (χ3n) is 3.09. The molecule has 2 N–H and O–H groups in total. The van der Waals surface area contributed by atoms with Crippen LogP contribution in [0.1, 0.15) is 35.5 Å². The Morgan fingerprint density at radius 2 is 1.79 bits per heavy atom. The fourth-order valence-corrected chi connectivity index (χ4v) is 2.51. The van der Waals surface area contributed by atoms with E-state index in [-0.39, 0.29) is 6.04 Å². The molecule has 0 aromatic carbocycles. The first-order chi connectivity index (χ1) is 8.97. The quantitative estimate of drug-likeness (QED) is 0.872. The van der Waals surface area contributed by atoms with E-state index in [0.717, 1.165) is 32.7 Å². The lowest BCUT2D eigenvalue weighted by Gasteiger charge is -2.08. The highest BCUT2D eigenvalue weighted by Gasteiger charge is 2.08. The van der Waals surface area contributed by atoms with E-state index in [9.17, 15) is 0 Å². The van der Waals surface area contributed by atoms with Crippen LogP contribution in [0, 0.1) is 20.8 Å². The molecule has 2 heterocycles. The van der Waals surface area contributed by atoms with Gasteiger partial charge in [-0.05, 0) is 62.7 Å². The molecule has 0 fully saturated rings. The summed E-state index contributed by atoms with van der Waals surface area (Å²) in [5.74, 6) is 0. The van der Waals surface area contributed by atoms with Crippen molar-refractivity contribution in [3.8, 4) is 0 Å². The Kier molecular flexibility index (Phi) is 4.17. The molecule has 0 amide bonds.